The number of thioether (sulfide) groups is 1. The van der Waals surface area contributed by atoms with Gasteiger partial charge in [0.05, 0.1) is 17.9 Å². The molecule has 1 amide bonds. The number of rotatable bonds is 3. The Morgan fingerprint density at radius 1 is 1.12 bits per heavy atom. The topological polar surface area (TPSA) is 115 Å². The second-order valence-corrected chi connectivity index (χ2v) is 10.0. The molecule has 1 saturated heterocycles. The summed E-state index contributed by atoms with van der Waals surface area (Å²) in [4.78, 5) is 54.6. The van der Waals surface area contributed by atoms with E-state index in [0.29, 0.717) is 37.1 Å². The fourth-order valence-corrected chi connectivity index (χ4v) is 5.96. The molecule has 9 nitrogen and oxygen atoms in total. The smallest absolute Gasteiger partial charge is 0.333 e. The molecule has 1 N–H and O–H groups in total. The Bertz CT molecular complexity index is 1390. The summed E-state index contributed by atoms with van der Waals surface area (Å²) in [5.74, 6) is 0.845. The number of aromatic nitrogens is 5. The molecule has 34 heavy (non-hydrogen) atoms. The third-order valence-electron chi connectivity index (χ3n) is 6.67. The summed E-state index contributed by atoms with van der Waals surface area (Å²) in [6.45, 7) is 1.76. The number of halogens is 1. The number of H-pyrrole nitrogens is 1. The molecule has 0 aromatic carbocycles. The van der Waals surface area contributed by atoms with Crippen LogP contribution in [0, 0.1) is 12.7 Å². The predicted molar refractivity (Wildman–Crippen MR) is 128 cm³/mol. The van der Waals surface area contributed by atoms with Gasteiger partial charge in [-0.3, -0.25) is 18.7 Å². The van der Waals surface area contributed by atoms with Gasteiger partial charge in [0.1, 0.15) is 11.5 Å². The van der Waals surface area contributed by atoms with Gasteiger partial charge in [0.2, 0.25) is 0 Å². The molecule has 1 aliphatic carbocycles. The number of hydrogen-bond donors (Lipinski definition) is 1. The summed E-state index contributed by atoms with van der Waals surface area (Å²) in [6, 6.07) is 0.754. The summed E-state index contributed by atoms with van der Waals surface area (Å²) in [5, 5.41) is 0.126. The maximum absolute atomic E-state index is 14.0. The molecular formula is C23H25FN6O3S. The monoisotopic (exact) mass is 484 g/mol. The molecule has 5 rings (SSSR count). The van der Waals surface area contributed by atoms with Gasteiger partial charge in [-0.05, 0) is 63.0 Å². The van der Waals surface area contributed by atoms with Crippen LogP contribution in [-0.2, 0) is 0 Å². The van der Waals surface area contributed by atoms with Gasteiger partial charge in [-0.1, -0.05) is 0 Å². The molecule has 0 atom stereocenters. The van der Waals surface area contributed by atoms with Gasteiger partial charge < -0.3 is 4.98 Å². The van der Waals surface area contributed by atoms with Crippen molar-refractivity contribution < 1.29 is 9.18 Å². The molecule has 0 spiro atoms. The summed E-state index contributed by atoms with van der Waals surface area (Å²) < 4.78 is 16.9. The highest BCUT2D eigenvalue weighted by Gasteiger charge is 2.28. The second-order valence-electron chi connectivity index (χ2n) is 8.79. The molecule has 0 bridgehead atoms. The molecule has 3 aromatic heterocycles. The van der Waals surface area contributed by atoms with Crippen LogP contribution in [0.25, 0.3) is 11.0 Å². The molecule has 0 radical (unpaired) electrons. The van der Waals surface area contributed by atoms with Crippen LogP contribution >= 0.6 is 11.8 Å². The molecule has 2 aliphatic rings. The molecule has 11 heteroatoms. The fourth-order valence-electron chi connectivity index (χ4n) is 4.88. The van der Waals surface area contributed by atoms with E-state index in [2.05, 4.69) is 19.9 Å². The van der Waals surface area contributed by atoms with Gasteiger partial charge in [0.25, 0.3) is 11.5 Å². The first kappa shape index (κ1) is 22.7. The standard InChI is InChI=1S/C23H25FN6O3S/c1-13-19(27-12-26-13)21(31)28-15-2-4-16(5-3-15)30-22(32)18-10-14(24)11-25-20(18)29(23(30)33)17-6-8-34-9-7-17/h10-12,16-17H,2-9H2,1H3,(H,26,27). The Balaban J connectivity index is 1.49. The molecule has 1 aliphatic heterocycles. The molecule has 0 unspecified atom stereocenters. The maximum Gasteiger partial charge on any atom is 0.333 e. The van der Waals surface area contributed by atoms with Gasteiger partial charge in [-0.25, -0.2) is 24.1 Å². The maximum atomic E-state index is 14.0. The van der Waals surface area contributed by atoms with E-state index >= 15 is 0 Å². The van der Waals surface area contributed by atoms with Crippen LogP contribution in [0.3, 0.4) is 0 Å². The van der Waals surface area contributed by atoms with E-state index in [1.54, 1.807) is 11.5 Å². The summed E-state index contributed by atoms with van der Waals surface area (Å²) in [5.41, 5.74) is 1.04. The number of nitrogens with zero attached hydrogens (tertiary/aromatic N) is 5. The lowest BCUT2D eigenvalue weighted by Crippen LogP contribution is -2.45. The number of imidazole rings is 1. The number of fused-ring (bicyclic) bond motifs is 1. The molecule has 4 heterocycles. The van der Waals surface area contributed by atoms with Crippen LogP contribution in [0.4, 0.5) is 4.39 Å². The quantitative estimate of drug-likeness (QED) is 0.611. The van der Waals surface area contributed by atoms with Crippen molar-refractivity contribution in [2.24, 2.45) is 4.99 Å². The van der Waals surface area contributed by atoms with E-state index in [-0.39, 0.29) is 28.8 Å². The van der Waals surface area contributed by atoms with Crippen molar-refractivity contribution in [3.8, 4) is 0 Å². The van der Waals surface area contributed by atoms with E-state index in [4.69, 9.17) is 0 Å². The van der Waals surface area contributed by atoms with E-state index in [9.17, 15) is 18.8 Å². The zero-order chi connectivity index (χ0) is 23.8. The lowest BCUT2D eigenvalue weighted by molar-refractivity contribution is 0.0997. The number of aryl methyl sites for hydroxylation is 1. The molecule has 1 saturated carbocycles. The Kier molecular flexibility index (Phi) is 6.20. The number of aliphatic imine (C=N–C) groups is 1. The zero-order valence-electron chi connectivity index (χ0n) is 18.8. The third-order valence-corrected chi connectivity index (χ3v) is 7.72. The number of aromatic amines is 1. The van der Waals surface area contributed by atoms with Crippen molar-refractivity contribution in [2.75, 3.05) is 11.5 Å². The number of amides is 1. The van der Waals surface area contributed by atoms with Crippen LogP contribution in [0.2, 0.25) is 0 Å². The van der Waals surface area contributed by atoms with Crippen LogP contribution in [0.5, 0.6) is 0 Å². The lowest BCUT2D eigenvalue weighted by atomic mass is 9.93. The third kappa shape index (κ3) is 4.13. The molecule has 3 aromatic rings. The first-order chi connectivity index (χ1) is 16.4. The van der Waals surface area contributed by atoms with E-state index in [1.165, 1.54) is 17.0 Å². The van der Waals surface area contributed by atoms with Crippen LogP contribution in [0.1, 0.15) is 66.8 Å². The number of hydrogen-bond acceptors (Lipinski definition) is 6. The van der Waals surface area contributed by atoms with Gasteiger partial charge in [-0.15, -0.1) is 0 Å². The minimum Gasteiger partial charge on any atom is -0.348 e. The highest BCUT2D eigenvalue weighted by atomic mass is 32.2. The SMILES string of the molecule is Cc1[nH]cnc1C(=O)N=C1CCC(n2c(=O)c3cc(F)cnc3n(C3CCSCC3)c2=O)CC1. The number of carbonyl (C=O) groups is 1. The Hall–Kier alpha value is -3.08. The minimum absolute atomic E-state index is 0.0727. The van der Waals surface area contributed by atoms with E-state index in [0.717, 1.165) is 36.3 Å². The predicted octanol–water partition coefficient (Wildman–Crippen LogP) is 3.19. The van der Waals surface area contributed by atoms with Crippen LogP contribution < -0.4 is 11.2 Å². The van der Waals surface area contributed by atoms with Gasteiger partial charge in [0.15, 0.2) is 5.69 Å². The van der Waals surface area contributed by atoms with Gasteiger partial charge >= 0.3 is 5.69 Å². The lowest BCUT2D eigenvalue weighted by Gasteiger charge is -2.29. The Labute approximate surface area is 198 Å². The molecule has 178 valence electrons. The Morgan fingerprint density at radius 2 is 1.82 bits per heavy atom. The normalized spacial score (nSPS) is 19.5. The van der Waals surface area contributed by atoms with Crippen molar-refractivity contribution in [1.29, 1.82) is 0 Å². The number of nitrogens with one attached hydrogen (secondary N) is 1. The van der Waals surface area contributed by atoms with Gasteiger partial charge in [-0.2, -0.15) is 11.8 Å². The average Bonchev–Trinajstić information content (AvgIpc) is 3.27. The van der Waals surface area contributed by atoms with Crippen LogP contribution in [0.15, 0.2) is 33.2 Å². The van der Waals surface area contributed by atoms with Crippen molar-refractivity contribution in [3.05, 3.63) is 56.6 Å². The highest BCUT2D eigenvalue weighted by molar-refractivity contribution is 7.99. The molecule has 2 fully saturated rings. The Morgan fingerprint density at radius 3 is 2.50 bits per heavy atom. The van der Waals surface area contributed by atoms with E-state index < -0.39 is 17.3 Å². The van der Waals surface area contributed by atoms with Gasteiger partial charge in [0, 0.05) is 23.5 Å². The summed E-state index contributed by atoms with van der Waals surface area (Å²) in [7, 11) is 0. The summed E-state index contributed by atoms with van der Waals surface area (Å²) in [6.07, 6.45) is 6.09. The largest absolute Gasteiger partial charge is 0.348 e. The van der Waals surface area contributed by atoms with E-state index in [1.807, 2.05) is 11.8 Å². The second kappa shape index (κ2) is 9.28. The fraction of sp³-hybridized carbons (Fsp3) is 0.478. The highest BCUT2D eigenvalue weighted by Crippen LogP contribution is 2.29. The first-order valence-corrected chi connectivity index (χ1v) is 12.6. The first-order valence-electron chi connectivity index (χ1n) is 11.4. The number of carbonyl (C=O) groups excluding carboxylic acids is 1. The van der Waals surface area contributed by atoms with Crippen molar-refractivity contribution >= 4 is 34.4 Å². The van der Waals surface area contributed by atoms with Crippen molar-refractivity contribution in [2.45, 2.75) is 57.5 Å². The van der Waals surface area contributed by atoms with Crippen LogP contribution in [-0.4, -0.2) is 47.2 Å². The zero-order valence-corrected chi connectivity index (χ0v) is 19.6. The number of pyridine rings is 1. The van der Waals surface area contributed by atoms with Crippen molar-refractivity contribution in [1.82, 2.24) is 24.1 Å². The van der Waals surface area contributed by atoms with Crippen molar-refractivity contribution in [3.63, 3.8) is 0 Å². The minimum atomic E-state index is -0.606. The average molecular weight is 485 g/mol. The summed E-state index contributed by atoms with van der Waals surface area (Å²) >= 11 is 1.84. The molecular weight excluding hydrogens is 459 g/mol.